The molecular formula is C19H31N3O2. The molecule has 24 heavy (non-hydrogen) atoms. The van der Waals surface area contributed by atoms with Crippen molar-refractivity contribution in [3.63, 3.8) is 0 Å². The number of nitrogens with one attached hydrogen (secondary N) is 1. The molecule has 0 aliphatic carbocycles. The average molecular weight is 333 g/mol. The summed E-state index contributed by atoms with van der Waals surface area (Å²) in [6, 6.07) is 8.07. The molecule has 0 bridgehead atoms. The van der Waals surface area contributed by atoms with Gasteiger partial charge in [0.2, 0.25) is 0 Å². The highest BCUT2D eigenvalue weighted by atomic mass is 16.3. The molecule has 1 aliphatic heterocycles. The lowest BCUT2D eigenvalue weighted by molar-refractivity contribution is 0.0188. The molecule has 0 unspecified atom stereocenters. The molecule has 0 radical (unpaired) electrons. The highest BCUT2D eigenvalue weighted by molar-refractivity contribution is 5.89. The number of aliphatic hydroxyl groups is 1. The van der Waals surface area contributed by atoms with Crippen molar-refractivity contribution in [1.29, 1.82) is 0 Å². The summed E-state index contributed by atoms with van der Waals surface area (Å²) in [6.07, 6.45) is 5.07. The van der Waals surface area contributed by atoms with Crippen molar-refractivity contribution in [2.75, 3.05) is 32.5 Å². The van der Waals surface area contributed by atoms with Crippen molar-refractivity contribution in [3.05, 3.63) is 29.8 Å². The Balaban J connectivity index is 1.84. The molecule has 1 aliphatic rings. The van der Waals surface area contributed by atoms with E-state index in [9.17, 15) is 9.90 Å². The van der Waals surface area contributed by atoms with Crippen molar-refractivity contribution in [3.8, 4) is 0 Å². The molecule has 1 fully saturated rings. The third-order valence-electron chi connectivity index (χ3n) is 4.77. The van der Waals surface area contributed by atoms with E-state index < -0.39 is 6.10 Å². The van der Waals surface area contributed by atoms with Crippen LogP contribution in [0.25, 0.3) is 0 Å². The number of piperidine rings is 1. The summed E-state index contributed by atoms with van der Waals surface area (Å²) in [7, 11) is 3.93. The minimum atomic E-state index is -0.500. The van der Waals surface area contributed by atoms with E-state index in [1.54, 1.807) is 4.90 Å². The molecule has 2 atom stereocenters. The maximum atomic E-state index is 12.4. The number of rotatable bonds is 6. The fraction of sp³-hybridized carbons (Fsp3) is 0.632. The van der Waals surface area contributed by atoms with Crippen LogP contribution in [0.1, 0.15) is 38.2 Å². The number of likely N-dealkylation sites (tertiary alicyclic amines) is 1. The Hall–Kier alpha value is -1.59. The van der Waals surface area contributed by atoms with Crippen LogP contribution in [0, 0.1) is 0 Å². The average Bonchev–Trinajstić information content (AvgIpc) is 2.56. The number of aryl methyl sites for hydroxylation is 1. The number of hydrogen-bond donors (Lipinski definition) is 2. The second-order valence-corrected chi connectivity index (χ2v) is 6.92. The Morgan fingerprint density at radius 2 is 2.00 bits per heavy atom. The van der Waals surface area contributed by atoms with Gasteiger partial charge < -0.3 is 20.2 Å². The van der Waals surface area contributed by atoms with Crippen LogP contribution in [0.3, 0.4) is 0 Å². The van der Waals surface area contributed by atoms with Gasteiger partial charge in [-0.3, -0.25) is 0 Å². The number of aliphatic hydroxyl groups excluding tert-OH is 1. The Bertz CT molecular complexity index is 516. The van der Waals surface area contributed by atoms with Crippen LogP contribution in [-0.4, -0.2) is 60.3 Å². The number of carbonyl (C=O) groups is 1. The number of amides is 2. The fourth-order valence-corrected chi connectivity index (χ4v) is 3.24. The maximum Gasteiger partial charge on any atom is 0.321 e. The van der Waals surface area contributed by atoms with E-state index in [1.165, 1.54) is 24.8 Å². The van der Waals surface area contributed by atoms with E-state index in [0.29, 0.717) is 13.1 Å². The van der Waals surface area contributed by atoms with Gasteiger partial charge >= 0.3 is 6.03 Å². The Labute approximate surface area is 145 Å². The Morgan fingerprint density at radius 3 is 2.58 bits per heavy atom. The van der Waals surface area contributed by atoms with Gasteiger partial charge in [0.05, 0.1) is 6.10 Å². The SMILES string of the molecule is CCCCCc1ccc(NC(=O)N2CC[C@@H](N(C)C)[C@H](O)C2)cc1. The molecular weight excluding hydrogens is 302 g/mol. The van der Waals surface area contributed by atoms with E-state index in [2.05, 4.69) is 24.4 Å². The molecule has 1 saturated heterocycles. The molecule has 0 aromatic heterocycles. The number of carbonyl (C=O) groups excluding carboxylic acids is 1. The lowest BCUT2D eigenvalue weighted by Crippen LogP contribution is -2.54. The maximum absolute atomic E-state index is 12.4. The molecule has 2 N–H and O–H groups in total. The van der Waals surface area contributed by atoms with E-state index in [1.807, 2.05) is 31.1 Å². The van der Waals surface area contributed by atoms with Crippen LogP contribution in [0.15, 0.2) is 24.3 Å². The molecule has 0 spiro atoms. The third kappa shape index (κ3) is 5.21. The van der Waals surface area contributed by atoms with E-state index in [-0.39, 0.29) is 12.1 Å². The van der Waals surface area contributed by atoms with Crippen LogP contribution < -0.4 is 5.32 Å². The van der Waals surface area contributed by atoms with Gasteiger partial charge in [-0.2, -0.15) is 0 Å². The number of urea groups is 1. The summed E-state index contributed by atoms with van der Waals surface area (Å²) in [5, 5.41) is 13.1. The number of nitrogens with zero attached hydrogens (tertiary/aromatic N) is 2. The van der Waals surface area contributed by atoms with Crippen LogP contribution in [0.5, 0.6) is 0 Å². The van der Waals surface area contributed by atoms with Gasteiger partial charge in [-0.1, -0.05) is 31.9 Å². The van der Waals surface area contributed by atoms with Crippen LogP contribution in [0.4, 0.5) is 10.5 Å². The van der Waals surface area contributed by atoms with E-state index >= 15 is 0 Å². The molecule has 5 nitrogen and oxygen atoms in total. The number of benzene rings is 1. The van der Waals surface area contributed by atoms with Gasteiger partial charge in [-0.15, -0.1) is 0 Å². The number of anilines is 1. The molecule has 2 amide bonds. The number of β-amino-alcohol motifs (C(OH)–C–C–N with tert-alkyl or cyclic N) is 1. The lowest BCUT2D eigenvalue weighted by Gasteiger charge is -2.38. The summed E-state index contributed by atoms with van der Waals surface area (Å²) >= 11 is 0. The normalized spacial score (nSPS) is 21.1. The summed E-state index contributed by atoms with van der Waals surface area (Å²) in [6.45, 7) is 3.25. The van der Waals surface area contributed by atoms with Crippen LogP contribution >= 0.6 is 0 Å². The monoisotopic (exact) mass is 333 g/mol. The van der Waals surface area contributed by atoms with Gasteiger partial charge in [0.1, 0.15) is 0 Å². The number of unbranched alkanes of at least 4 members (excludes halogenated alkanes) is 2. The van der Waals surface area contributed by atoms with Crippen LogP contribution in [-0.2, 0) is 6.42 Å². The minimum absolute atomic E-state index is 0.122. The largest absolute Gasteiger partial charge is 0.390 e. The predicted molar refractivity (Wildman–Crippen MR) is 98.4 cm³/mol. The smallest absolute Gasteiger partial charge is 0.321 e. The second-order valence-electron chi connectivity index (χ2n) is 6.92. The topological polar surface area (TPSA) is 55.8 Å². The van der Waals surface area contributed by atoms with Gasteiger partial charge in [0, 0.05) is 24.8 Å². The van der Waals surface area contributed by atoms with Gasteiger partial charge in [-0.25, -0.2) is 4.79 Å². The van der Waals surface area contributed by atoms with Gasteiger partial charge in [0.15, 0.2) is 0 Å². The summed E-state index contributed by atoms with van der Waals surface area (Å²) < 4.78 is 0. The van der Waals surface area contributed by atoms with Crippen LogP contribution in [0.2, 0.25) is 0 Å². The highest BCUT2D eigenvalue weighted by Crippen LogP contribution is 2.17. The first-order chi connectivity index (χ1) is 11.5. The molecule has 5 heteroatoms. The number of hydrogen-bond acceptors (Lipinski definition) is 3. The lowest BCUT2D eigenvalue weighted by atomic mass is 10.0. The zero-order chi connectivity index (χ0) is 17.5. The molecule has 1 heterocycles. The van der Waals surface area contributed by atoms with Crippen molar-refractivity contribution in [1.82, 2.24) is 9.80 Å². The quantitative estimate of drug-likeness (QED) is 0.787. The van der Waals surface area contributed by atoms with E-state index in [0.717, 1.165) is 18.5 Å². The summed E-state index contributed by atoms with van der Waals surface area (Å²) in [5.74, 6) is 0. The van der Waals surface area contributed by atoms with Crippen molar-refractivity contribution >= 4 is 11.7 Å². The summed E-state index contributed by atoms with van der Waals surface area (Å²) in [5.41, 5.74) is 2.12. The minimum Gasteiger partial charge on any atom is -0.390 e. The fourth-order valence-electron chi connectivity index (χ4n) is 3.24. The first-order valence-electron chi connectivity index (χ1n) is 9.00. The molecule has 0 saturated carbocycles. The van der Waals surface area contributed by atoms with Gasteiger partial charge in [-0.05, 0) is 51.1 Å². The zero-order valence-electron chi connectivity index (χ0n) is 15.2. The molecule has 1 aromatic rings. The highest BCUT2D eigenvalue weighted by Gasteiger charge is 2.31. The zero-order valence-corrected chi connectivity index (χ0v) is 15.2. The molecule has 2 rings (SSSR count). The molecule has 134 valence electrons. The first-order valence-corrected chi connectivity index (χ1v) is 9.00. The first kappa shape index (κ1) is 18.7. The van der Waals surface area contributed by atoms with Gasteiger partial charge in [0.25, 0.3) is 0 Å². The van der Waals surface area contributed by atoms with Crippen molar-refractivity contribution < 1.29 is 9.90 Å². The van der Waals surface area contributed by atoms with E-state index in [4.69, 9.17) is 0 Å². The Morgan fingerprint density at radius 1 is 1.29 bits per heavy atom. The third-order valence-corrected chi connectivity index (χ3v) is 4.77. The standard InChI is InChI=1S/C19H31N3O2/c1-4-5-6-7-15-8-10-16(11-9-15)20-19(24)22-13-12-17(21(2)3)18(23)14-22/h8-11,17-18,23H,4-7,12-14H2,1-3H3,(H,20,24)/t17-,18-/m1/s1. The number of likely N-dealkylation sites (N-methyl/N-ethyl adjacent to an activating group) is 1. The summed E-state index contributed by atoms with van der Waals surface area (Å²) in [4.78, 5) is 16.1. The Kier molecular flexibility index (Phi) is 7.06. The van der Waals surface area contributed by atoms with Crippen molar-refractivity contribution in [2.24, 2.45) is 0 Å². The van der Waals surface area contributed by atoms with Crippen molar-refractivity contribution in [2.45, 2.75) is 51.2 Å². The molecule has 1 aromatic carbocycles. The second kappa shape index (κ2) is 9.04. The predicted octanol–water partition coefficient (Wildman–Crippen LogP) is 2.95.